The van der Waals surface area contributed by atoms with Crippen LogP contribution in [-0.4, -0.2) is 14.3 Å². The normalized spacial score (nSPS) is 10.9. The van der Waals surface area contributed by atoms with E-state index in [0.717, 1.165) is 11.3 Å². The number of aryl methyl sites for hydroxylation is 1. The molecule has 134 valence electrons. The van der Waals surface area contributed by atoms with Crippen molar-refractivity contribution < 1.29 is 0 Å². The van der Waals surface area contributed by atoms with Gasteiger partial charge in [0, 0.05) is 0 Å². The molecular formula is C23H21N3O. The number of aromatic nitrogens is 3. The first-order valence-corrected chi connectivity index (χ1v) is 9.01. The molecule has 0 saturated carbocycles. The molecule has 0 fully saturated rings. The molecule has 3 aromatic carbocycles. The van der Waals surface area contributed by atoms with E-state index < -0.39 is 0 Å². The van der Waals surface area contributed by atoms with Crippen LogP contribution in [0.4, 0.5) is 0 Å². The van der Waals surface area contributed by atoms with Crippen molar-refractivity contribution in [3.63, 3.8) is 0 Å². The zero-order valence-corrected chi connectivity index (χ0v) is 15.5. The van der Waals surface area contributed by atoms with E-state index in [1.54, 1.807) is 4.57 Å². The van der Waals surface area contributed by atoms with Crippen molar-refractivity contribution in [2.75, 3.05) is 0 Å². The van der Waals surface area contributed by atoms with Crippen molar-refractivity contribution in [3.05, 3.63) is 106 Å². The molecule has 4 heteroatoms. The van der Waals surface area contributed by atoms with Gasteiger partial charge in [0.25, 0.3) is 0 Å². The summed E-state index contributed by atoms with van der Waals surface area (Å²) in [4.78, 5) is 12.9. The summed E-state index contributed by atoms with van der Waals surface area (Å²) in [5, 5.41) is 4.45. The van der Waals surface area contributed by atoms with Crippen LogP contribution in [-0.2, 0) is 6.54 Å². The van der Waals surface area contributed by atoms with Gasteiger partial charge < -0.3 is 0 Å². The maximum atomic E-state index is 12.9. The minimum absolute atomic E-state index is 0.122. The summed E-state index contributed by atoms with van der Waals surface area (Å²) in [5.74, 6) is 0.702. The Labute approximate surface area is 158 Å². The predicted octanol–water partition coefficient (Wildman–Crippen LogP) is 4.37. The Morgan fingerprint density at radius 3 is 2.19 bits per heavy atom. The fourth-order valence-corrected chi connectivity index (χ4v) is 3.37. The summed E-state index contributed by atoms with van der Waals surface area (Å²) in [5.41, 5.74) is 5.33. The van der Waals surface area contributed by atoms with Crippen LogP contribution >= 0.6 is 0 Å². The van der Waals surface area contributed by atoms with Crippen LogP contribution in [0.1, 0.15) is 17.0 Å². The van der Waals surface area contributed by atoms with E-state index in [4.69, 9.17) is 0 Å². The molecule has 1 aromatic heterocycles. The Morgan fingerprint density at radius 2 is 1.48 bits per heavy atom. The van der Waals surface area contributed by atoms with Gasteiger partial charge in [0.15, 0.2) is 0 Å². The molecule has 0 atom stereocenters. The van der Waals surface area contributed by atoms with Crippen LogP contribution in [0.5, 0.6) is 0 Å². The van der Waals surface area contributed by atoms with Gasteiger partial charge in [-0.05, 0) is 48.2 Å². The highest BCUT2D eigenvalue weighted by atomic mass is 16.2. The van der Waals surface area contributed by atoms with Gasteiger partial charge >= 0.3 is 5.69 Å². The fraction of sp³-hybridized carbons (Fsp3) is 0.130. The molecule has 0 saturated heterocycles. The summed E-state index contributed by atoms with van der Waals surface area (Å²) < 4.78 is 3.19. The lowest BCUT2D eigenvalue weighted by molar-refractivity contribution is 0.720. The van der Waals surface area contributed by atoms with Gasteiger partial charge in [0.05, 0.1) is 12.2 Å². The highest BCUT2D eigenvalue weighted by Crippen LogP contribution is 2.26. The molecule has 0 amide bonds. The van der Waals surface area contributed by atoms with E-state index in [1.807, 2.05) is 61.5 Å². The molecule has 1 heterocycles. The molecule has 0 spiro atoms. The van der Waals surface area contributed by atoms with Gasteiger partial charge in [-0.15, -0.1) is 0 Å². The summed E-state index contributed by atoms with van der Waals surface area (Å²) in [6, 6.07) is 26.1. The second-order valence-corrected chi connectivity index (χ2v) is 6.62. The molecule has 0 radical (unpaired) electrons. The topological polar surface area (TPSA) is 39.8 Å². The van der Waals surface area contributed by atoms with E-state index in [9.17, 15) is 4.79 Å². The van der Waals surface area contributed by atoms with E-state index >= 15 is 0 Å². The molecule has 4 nitrogen and oxygen atoms in total. The average Bonchev–Trinajstić information content (AvgIpc) is 2.99. The van der Waals surface area contributed by atoms with E-state index in [-0.39, 0.29) is 5.69 Å². The van der Waals surface area contributed by atoms with Crippen molar-refractivity contribution in [1.82, 2.24) is 14.3 Å². The van der Waals surface area contributed by atoms with Gasteiger partial charge in [-0.1, -0.05) is 66.7 Å². The molecule has 27 heavy (non-hydrogen) atoms. The van der Waals surface area contributed by atoms with Gasteiger partial charge in [-0.3, -0.25) is 4.57 Å². The van der Waals surface area contributed by atoms with Gasteiger partial charge in [0.1, 0.15) is 5.82 Å². The zero-order chi connectivity index (χ0) is 18.8. The van der Waals surface area contributed by atoms with Crippen LogP contribution in [0.3, 0.4) is 0 Å². The Kier molecular flexibility index (Phi) is 4.47. The van der Waals surface area contributed by atoms with Crippen molar-refractivity contribution >= 4 is 0 Å². The van der Waals surface area contributed by atoms with Crippen molar-refractivity contribution in [2.24, 2.45) is 0 Å². The molecule has 0 N–H and O–H groups in total. The largest absolute Gasteiger partial charge is 0.351 e. The Balaban J connectivity index is 1.74. The standard InChI is InChI=1S/C23H21N3O/c1-17-20(12-9-15-22(17)19-10-5-3-6-11-19)16-25-18(2)24-26(23(25)27)21-13-7-4-8-14-21/h3-15H,16H2,1-2H3. The number of rotatable bonds is 4. The molecule has 4 rings (SSSR count). The summed E-state index contributed by atoms with van der Waals surface area (Å²) in [6.45, 7) is 4.49. The molecule has 4 aromatic rings. The molecule has 0 aliphatic carbocycles. The number of benzene rings is 3. The number of hydrogen-bond donors (Lipinski definition) is 0. The van der Waals surface area contributed by atoms with Gasteiger partial charge in [0.2, 0.25) is 0 Å². The van der Waals surface area contributed by atoms with Crippen LogP contribution < -0.4 is 5.69 Å². The first-order valence-electron chi connectivity index (χ1n) is 9.01. The van der Waals surface area contributed by atoms with Crippen molar-refractivity contribution in [1.29, 1.82) is 0 Å². The van der Waals surface area contributed by atoms with Gasteiger partial charge in [-0.2, -0.15) is 9.78 Å². The SMILES string of the molecule is Cc1c(Cn2c(C)nn(-c3ccccc3)c2=O)cccc1-c1ccccc1. The lowest BCUT2D eigenvalue weighted by Crippen LogP contribution is -2.25. The van der Waals surface area contributed by atoms with Gasteiger partial charge in [-0.25, -0.2) is 4.79 Å². The fourth-order valence-electron chi connectivity index (χ4n) is 3.37. The van der Waals surface area contributed by atoms with Crippen LogP contribution in [0.2, 0.25) is 0 Å². The van der Waals surface area contributed by atoms with Crippen LogP contribution in [0, 0.1) is 13.8 Å². The molecule has 0 bridgehead atoms. The van der Waals surface area contributed by atoms with Crippen LogP contribution in [0.25, 0.3) is 16.8 Å². The minimum Gasteiger partial charge on any atom is -0.274 e. The average molecular weight is 355 g/mol. The molecule has 0 unspecified atom stereocenters. The van der Waals surface area contributed by atoms with Crippen LogP contribution in [0.15, 0.2) is 83.7 Å². The highest BCUT2D eigenvalue weighted by molar-refractivity contribution is 5.68. The summed E-state index contributed by atoms with van der Waals surface area (Å²) >= 11 is 0. The first kappa shape index (κ1) is 17.0. The lowest BCUT2D eigenvalue weighted by atomic mass is 9.96. The lowest BCUT2D eigenvalue weighted by Gasteiger charge is -2.12. The number of nitrogens with zero attached hydrogens (tertiary/aromatic N) is 3. The molecule has 0 aliphatic rings. The number of para-hydroxylation sites is 1. The third kappa shape index (κ3) is 3.22. The zero-order valence-electron chi connectivity index (χ0n) is 15.5. The summed E-state index contributed by atoms with van der Waals surface area (Å²) in [7, 11) is 0. The monoisotopic (exact) mass is 355 g/mol. The van der Waals surface area contributed by atoms with Crippen molar-refractivity contribution in [2.45, 2.75) is 20.4 Å². The third-order valence-electron chi connectivity index (χ3n) is 4.91. The van der Waals surface area contributed by atoms with E-state index in [1.165, 1.54) is 21.4 Å². The second-order valence-electron chi connectivity index (χ2n) is 6.62. The smallest absolute Gasteiger partial charge is 0.274 e. The van der Waals surface area contributed by atoms with Crippen molar-refractivity contribution in [3.8, 4) is 16.8 Å². The van der Waals surface area contributed by atoms with E-state index in [2.05, 4.69) is 36.3 Å². The highest BCUT2D eigenvalue weighted by Gasteiger charge is 2.14. The first-order chi connectivity index (χ1) is 13.1. The Bertz CT molecular complexity index is 1130. The second kappa shape index (κ2) is 7.08. The molecular weight excluding hydrogens is 334 g/mol. The number of hydrogen-bond acceptors (Lipinski definition) is 2. The quantitative estimate of drug-likeness (QED) is 0.545. The Hall–Kier alpha value is -3.40. The summed E-state index contributed by atoms with van der Waals surface area (Å²) in [6.07, 6.45) is 0. The predicted molar refractivity (Wildman–Crippen MR) is 108 cm³/mol. The Morgan fingerprint density at radius 1 is 0.815 bits per heavy atom. The maximum absolute atomic E-state index is 12.9. The van der Waals surface area contributed by atoms with E-state index in [0.29, 0.717) is 12.4 Å². The third-order valence-corrected chi connectivity index (χ3v) is 4.91. The molecule has 0 aliphatic heterocycles. The minimum atomic E-state index is -0.122. The maximum Gasteiger partial charge on any atom is 0.351 e.